The summed E-state index contributed by atoms with van der Waals surface area (Å²) in [4.78, 5) is 0. The van der Waals surface area contributed by atoms with Crippen LogP contribution in [0.2, 0.25) is 0 Å². The molecule has 0 aliphatic carbocycles. The van der Waals surface area contributed by atoms with Crippen LogP contribution < -0.4 is 0 Å². The third kappa shape index (κ3) is 3.60. The van der Waals surface area contributed by atoms with Crippen LogP contribution in [-0.2, 0) is 6.42 Å². The van der Waals surface area contributed by atoms with Gasteiger partial charge in [-0.15, -0.1) is 0 Å². The molecule has 4 nitrogen and oxygen atoms in total. The first-order valence-electron chi connectivity index (χ1n) is 4.84. The fourth-order valence-electron chi connectivity index (χ4n) is 1.34. The van der Waals surface area contributed by atoms with E-state index in [1.165, 1.54) is 0 Å². The topological polar surface area (TPSA) is 80.9 Å². The number of hydrogen-bond acceptors (Lipinski definition) is 4. The van der Waals surface area contributed by atoms with Crippen molar-refractivity contribution in [2.75, 3.05) is 6.61 Å². The molecule has 0 heterocycles. The van der Waals surface area contributed by atoms with Gasteiger partial charge in [0, 0.05) is 6.42 Å². The van der Waals surface area contributed by atoms with Gasteiger partial charge in [-0.1, -0.05) is 30.3 Å². The maximum absolute atomic E-state index is 9.55. The Morgan fingerprint density at radius 1 is 0.933 bits per heavy atom. The van der Waals surface area contributed by atoms with Crippen LogP contribution in [0.15, 0.2) is 30.3 Å². The van der Waals surface area contributed by atoms with Crippen LogP contribution in [0.25, 0.3) is 0 Å². The largest absolute Gasteiger partial charge is 0.394 e. The van der Waals surface area contributed by atoms with Crippen LogP contribution in [0.3, 0.4) is 0 Å². The molecule has 4 heteroatoms. The second-order valence-electron chi connectivity index (χ2n) is 3.50. The molecule has 0 spiro atoms. The Kier molecular flexibility index (Phi) is 4.71. The molecule has 84 valence electrons. The minimum absolute atomic E-state index is 0.249. The lowest BCUT2D eigenvalue weighted by molar-refractivity contribution is -0.0755. The molecule has 1 aromatic rings. The number of hydrogen-bond donors (Lipinski definition) is 4. The second kappa shape index (κ2) is 5.82. The van der Waals surface area contributed by atoms with E-state index in [4.69, 9.17) is 10.2 Å². The number of aliphatic hydroxyl groups is 4. The van der Waals surface area contributed by atoms with Crippen molar-refractivity contribution in [3.63, 3.8) is 0 Å². The van der Waals surface area contributed by atoms with Crippen molar-refractivity contribution >= 4 is 0 Å². The molecule has 0 saturated carbocycles. The molecular weight excluding hydrogens is 196 g/mol. The van der Waals surface area contributed by atoms with Crippen LogP contribution in [0.5, 0.6) is 0 Å². The first kappa shape index (κ1) is 12.1. The zero-order valence-electron chi connectivity index (χ0n) is 8.32. The molecule has 4 N–H and O–H groups in total. The van der Waals surface area contributed by atoms with Gasteiger partial charge in [0.2, 0.25) is 0 Å². The zero-order valence-corrected chi connectivity index (χ0v) is 8.32. The Morgan fingerprint density at radius 2 is 1.53 bits per heavy atom. The quantitative estimate of drug-likeness (QED) is 0.520. The Balaban J connectivity index is 2.52. The van der Waals surface area contributed by atoms with E-state index in [1.54, 1.807) is 0 Å². The fourth-order valence-corrected chi connectivity index (χ4v) is 1.34. The van der Waals surface area contributed by atoms with Gasteiger partial charge in [-0.2, -0.15) is 0 Å². The summed E-state index contributed by atoms with van der Waals surface area (Å²) < 4.78 is 0. The molecule has 0 saturated heterocycles. The lowest BCUT2D eigenvalue weighted by Crippen LogP contribution is -2.40. The monoisotopic (exact) mass is 212 g/mol. The summed E-state index contributed by atoms with van der Waals surface area (Å²) in [6.45, 7) is -0.562. The molecule has 0 aliphatic rings. The van der Waals surface area contributed by atoms with Crippen LogP contribution in [0.4, 0.5) is 0 Å². The minimum atomic E-state index is -1.32. The van der Waals surface area contributed by atoms with Crippen LogP contribution in [0.1, 0.15) is 5.56 Å². The molecule has 0 aromatic heterocycles. The third-order valence-corrected chi connectivity index (χ3v) is 2.26. The van der Waals surface area contributed by atoms with E-state index in [2.05, 4.69) is 0 Å². The van der Waals surface area contributed by atoms with Gasteiger partial charge < -0.3 is 20.4 Å². The first-order chi connectivity index (χ1) is 7.15. The summed E-state index contributed by atoms with van der Waals surface area (Å²) >= 11 is 0. The van der Waals surface area contributed by atoms with Gasteiger partial charge in [-0.05, 0) is 5.56 Å². The maximum Gasteiger partial charge on any atom is 0.108 e. The fraction of sp³-hybridized carbons (Fsp3) is 0.455. The van der Waals surface area contributed by atoms with E-state index < -0.39 is 24.9 Å². The Labute approximate surface area is 88.4 Å². The van der Waals surface area contributed by atoms with Crippen molar-refractivity contribution in [3.8, 4) is 0 Å². The van der Waals surface area contributed by atoms with E-state index in [-0.39, 0.29) is 6.42 Å². The molecule has 0 radical (unpaired) electrons. The molecule has 1 aromatic carbocycles. The molecule has 3 atom stereocenters. The van der Waals surface area contributed by atoms with Gasteiger partial charge in [-0.25, -0.2) is 0 Å². The molecule has 1 unspecified atom stereocenters. The predicted molar refractivity (Wildman–Crippen MR) is 55.3 cm³/mol. The SMILES string of the molecule is OC[C@@H](O)[C@H](O)C(O)Cc1ccccc1. The molecule has 1 rings (SSSR count). The van der Waals surface area contributed by atoms with Gasteiger partial charge in [0.1, 0.15) is 12.2 Å². The second-order valence-corrected chi connectivity index (χ2v) is 3.50. The lowest BCUT2D eigenvalue weighted by atomic mass is 10.0. The van der Waals surface area contributed by atoms with Crippen molar-refractivity contribution < 1.29 is 20.4 Å². The molecular formula is C11H16O4. The Hall–Kier alpha value is -0.940. The van der Waals surface area contributed by atoms with Gasteiger partial charge >= 0.3 is 0 Å². The summed E-state index contributed by atoms with van der Waals surface area (Å²) in [5.41, 5.74) is 0.870. The lowest BCUT2D eigenvalue weighted by Gasteiger charge is -2.21. The van der Waals surface area contributed by atoms with Crippen LogP contribution in [-0.4, -0.2) is 45.3 Å². The van der Waals surface area contributed by atoms with Crippen LogP contribution >= 0.6 is 0 Å². The highest BCUT2D eigenvalue weighted by Gasteiger charge is 2.23. The zero-order chi connectivity index (χ0) is 11.3. The van der Waals surface area contributed by atoms with Gasteiger partial charge in [0.05, 0.1) is 12.7 Å². The van der Waals surface area contributed by atoms with Crippen molar-refractivity contribution in [3.05, 3.63) is 35.9 Å². The number of aliphatic hydroxyl groups excluding tert-OH is 4. The normalized spacial score (nSPS) is 17.1. The molecule has 15 heavy (non-hydrogen) atoms. The van der Waals surface area contributed by atoms with Crippen molar-refractivity contribution in [1.29, 1.82) is 0 Å². The molecule has 0 aliphatic heterocycles. The summed E-state index contributed by atoms with van der Waals surface area (Å²) in [7, 11) is 0. The van der Waals surface area contributed by atoms with E-state index in [1.807, 2.05) is 30.3 Å². The van der Waals surface area contributed by atoms with Crippen molar-refractivity contribution in [2.45, 2.75) is 24.7 Å². The van der Waals surface area contributed by atoms with Gasteiger partial charge in [-0.3, -0.25) is 0 Å². The van der Waals surface area contributed by atoms with E-state index in [0.717, 1.165) is 5.56 Å². The van der Waals surface area contributed by atoms with Crippen molar-refractivity contribution in [1.82, 2.24) is 0 Å². The maximum atomic E-state index is 9.55. The summed E-state index contributed by atoms with van der Waals surface area (Å²) in [5, 5.41) is 36.7. The Morgan fingerprint density at radius 3 is 2.07 bits per heavy atom. The highest BCUT2D eigenvalue weighted by atomic mass is 16.4. The molecule has 0 bridgehead atoms. The van der Waals surface area contributed by atoms with Crippen molar-refractivity contribution in [2.24, 2.45) is 0 Å². The average molecular weight is 212 g/mol. The number of benzene rings is 1. The van der Waals surface area contributed by atoms with Gasteiger partial charge in [0.25, 0.3) is 0 Å². The van der Waals surface area contributed by atoms with E-state index >= 15 is 0 Å². The smallest absolute Gasteiger partial charge is 0.108 e. The van der Waals surface area contributed by atoms with Gasteiger partial charge in [0.15, 0.2) is 0 Å². The Bertz CT molecular complexity index is 275. The summed E-state index contributed by atoms with van der Waals surface area (Å²) in [6, 6.07) is 9.16. The standard InChI is InChI=1S/C11H16O4/c12-7-10(14)11(15)9(13)6-8-4-2-1-3-5-8/h1-5,9-15H,6-7H2/t9?,10-,11-/m1/s1. The highest BCUT2D eigenvalue weighted by Crippen LogP contribution is 2.08. The molecule has 0 amide bonds. The van der Waals surface area contributed by atoms with E-state index in [9.17, 15) is 10.2 Å². The predicted octanol–water partition coefficient (Wildman–Crippen LogP) is -0.696. The highest BCUT2D eigenvalue weighted by molar-refractivity contribution is 5.15. The first-order valence-corrected chi connectivity index (χ1v) is 4.84. The third-order valence-electron chi connectivity index (χ3n) is 2.26. The number of rotatable bonds is 5. The minimum Gasteiger partial charge on any atom is -0.394 e. The van der Waals surface area contributed by atoms with Crippen LogP contribution in [0, 0.1) is 0 Å². The average Bonchev–Trinajstić information content (AvgIpc) is 2.28. The summed E-state index contributed by atoms with van der Waals surface area (Å²) in [5.74, 6) is 0. The van der Waals surface area contributed by atoms with E-state index in [0.29, 0.717) is 0 Å². The summed E-state index contributed by atoms with van der Waals surface area (Å²) in [6.07, 6.45) is -3.45. The molecule has 0 fully saturated rings.